The molecule has 2 aliphatic heterocycles. The number of ether oxygens (including phenoxy) is 1. The van der Waals surface area contributed by atoms with E-state index in [0.717, 1.165) is 12.2 Å². The van der Waals surface area contributed by atoms with Crippen LogP contribution in [0.4, 0.5) is 14.5 Å². The van der Waals surface area contributed by atoms with Gasteiger partial charge in [0.05, 0.1) is 17.4 Å². The maximum Gasteiger partial charge on any atom is 0.259 e. The summed E-state index contributed by atoms with van der Waals surface area (Å²) in [7, 11) is 0. The molecule has 2 heterocycles. The number of β-amino-alcohol motifs (C(OH)–C–C–N with tert-alkyl or cyclic N) is 2. The number of carbonyl (C=O) groups excluding carboxylic acids is 1. The Kier molecular flexibility index (Phi) is 5.39. The molecule has 0 bridgehead atoms. The van der Waals surface area contributed by atoms with Crippen molar-refractivity contribution >= 4 is 11.6 Å². The number of fused-ring (bicyclic) bond motifs is 2. The molecule has 3 N–H and O–H groups in total. The molecule has 0 aromatic heterocycles. The Labute approximate surface area is 184 Å². The van der Waals surface area contributed by atoms with Crippen LogP contribution < -0.4 is 10.1 Å². The summed E-state index contributed by atoms with van der Waals surface area (Å²) in [5, 5.41) is 24.1. The molecule has 1 aliphatic carbocycles. The standard InChI is InChI=1S/C24H26F2N2O4/c25-19-7-14(6-15-8-20(26)23(30)27-22(15)19)21(29)12-28-11-16-9-18(10-24(16,31)13-28)32-17-4-2-1-3-5-17/h1-7,16,18,20-21,29,31H,8-13H2,(H,27,30)/t16-,18+,20+,21?,24-/m1/s1. The number of nitrogens with zero attached hydrogens (tertiary/aromatic N) is 1. The molecule has 0 radical (unpaired) electrons. The minimum Gasteiger partial charge on any atom is -0.490 e. The van der Waals surface area contributed by atoms with Crippen LogP contribution in [0.2, 0.25) is 0 Å². The molecule has 5 rings (SSSR count). The average molecular weight is 444 g/mol. The van der Waals surface area contributed by atoms with Gasteiger partial charge in [0.25, 0.3) is 5.91 Å². The van der Waals surface area contributed by atoms with Gasteiger partial charge in [-0.1, -0.05) is 24.3 Å². The number of hydrogen-bond donors (Lipinski definition) is 3. The number of carbonyl (C=O) groups is 1. The lowest BCUT2D eigenvalue weighted by molar-refractivity contribution is -0.121. The fraction of sp³-hybridized carbons (Fsp3) is 0.458. The summed E-state index contributed by atoms with van der Waals surface area (Å²) in [6.45, 7) is 1.24. The zero-order chi connectivity index (χ0) is 22.5. The topological polar surface area (TPSA) is 82.0 Å². The van der Waals surface area contributed by atoms with E-state index >= 15 is 0 Å². The molecule has 1 saturated heterocycles. The molecule has 2 aromatic rings. The number of rotatable bonds is 5. The van der Waals surface area contributed by atoms with Gasteiger partial charge in [0.15, 0.2) is 6.17 Å². The van der Waals surface area contributed by atoms with Gasteiger partial charge < -0.3 is 20.3 Å². The van der Waals surface area contributed by atoms with E-state index in [9.17, 15) is 23.8 Å². The molecular weight excluding hydrogens is 418 g/mol. The van der Waals surface area contributed by atoms with Crippen molar-refractivity contribution in [3.05, 3.63) is 59.4 Å². The maximum absolute atomic E-state index is 14.5. The van der Waals surface area contributed by atoms with E-state index in [2.05, 4.69) is 5.32 Å². The second-order valence-electron chi connectivity index (χ2n) is 9.20. The third-order valence-electron chi connectivity index (χ3n) is 6.85. The second kappa shape index (κ2) is 8.10. The molecule has 2 aromatic carbocycles. The number of para-hydroxylation sites is 1. The highest BCUT2D eigenvalue weighted by Crippen LogP contribution is 2.43. The SMILES string of the molecule is O=C1Nc2c(F)cc(C(O)CN3C[C@H]4C[C@H](Oc5ccccc5)C[C@@]4(O)C3)cc2C[C@@H]1F. The average Bonchev–Trinajstić information content (AvgIpc) is 3.20. The fourth-order valence-electron chi connectivity index (χ4n) is 5.32. The van der Waals surface area contributed by atoms with Crippen molar-refractivity contribution in [3.8, 4) is 5.75 Å². The molecule has 170 valence electrons. The maximum atomic E-state index is 14.5. The molecule has 32 heavy (non-hydrogen) atoms. The van der Waals surface area contributed by atoms with Crippen LogP contribution in [0.5, 0.6) is 5.75 Å². The van der Waals surface area contributed by atoms with Crippen molar-refractivity contribution in [2.24, 2.45) is 5.92 Å². The first kappa shape index (κ1) is 21.3. The van der Waals surface area contributed by atoms with E-state index < -0.39 is 29.6 Å². The third kappa shape index (κ3) is 3.98. The smallest absolute Gasteiger partial charge is 0.259 e. The summed E-state index contributed by atoms with van der Waals surface area (Å²) in [4.78, 5) is 13.4. The first-order chi connectivity index (χ1) is 15.3. The van der Waals surface area contributed by atoms with E-state index in [1.807, 2.05) is 35.2 Å². The summed E-state index contributed by atoms with van der Waals surface area (Å²) in [6, 6.07) is 12.3. The van der Waals surface area contributed by atoms with Crippen LogP contribution in [-0.2, 0) is 11.2 Å². The quantitative estimate of drug-likeness (QED) is 0.661. The molecule has 3 aliphatic rings. The van der Waals surface area contributed by atoms with Gasteiger partial charge in [-0.05, 0) is 35.7 Å². The second-order valence-corrected chi connectivity index (χ2v) is 9.20. The van der Waals surface area contributed by atoms with Crippen molar-refractivity contribution in [1.82, 2.24) is 4.90 Å². The lowest BCUT2D eigenvalue weighted by Gasteiger charge is -2.26. The lowest BCUT2D eigenvalue weighted by Crippen LogP contribution is -2.36. The predicted molar refractivity (Wildman–Crippen MR) is 114 cm³/mol. The number of aliphatic hydroxyl groups excluding tert-OH is 1. The van der Waals surface area contributed by atoms with E-state index in [1.165, 1.54) is 6.07 Å². The molecule has 0 spiro atoms. The number of hydrogen-bond acceptors (Lipinski definition) is 5. The Morgan fingerprint density at radius 2 is 2.06 bits per heavy atom. The third-order valence-corrected chi connectivity index (χ3v) is 6.85. The molecular formula is C24H26F2N2O4. The minimum absolute atomic E-state index is 0.0191. The summed E-state index contributed by atoms with van der Waals surface area (Å²) in [5.41, 5.74) is -0.233. The number of amides is 1. The van der Waals surface area contributed by atoms with E-state index in [-0.39, 0.29) is 30.7 Å². The van der Waals surface area contributed by atoms with Crippen LogP contribution in [-0.4, -0.2) is 58.5 Å². The Bertz CT molecular complexity index is 1020. The number of aliphatic hydroxyl groups is 2. The molecule has 2 fully saturated rings. The number of halogens is 2. The summed E-state index contributed by atoms with van der Waals surface area (Å²) in [6.07, 6.45) is -1.75. The Hall–Kier alpha value is -2.55. The van der Waals surface area contributed by atoms with Gasteiger partial charge in [0.2, 0.25) is 0 Å². The van der Waals surface area contributed by atoms with E-state index in [1.54, 1.807) is 6.07 Å². The van der Waals surface area contributed by atoms with Crippen molar-refractivity contribution in [3.63, 3.8) is 0 Å². The monoisotopic (exact) mass is 444 g/mol. The van der Waals surface area contributed by atoms with Crippen LogP contribution in [0.1, 0.15) is 30.1 Å². The van der Waals surface area contributed by atoms with Crippen molar-refractivity contribution in [2.75, 3.05) is 25.0 Å². The summed E-state index contributed by atoms with van der Waals surface area (Å²) >= 11 is 0. The van der Waals surface area contributed by atoms with Crippen molar-refractivity contribution in [2.45, 2.75) is 43.2 Å². The van der Waals surface area contributed by atoms with Gasteiger partial charge in [-0.2, -0.15) is 0 Å². The molecule has 5 atom stereocenters. The highest BCUT2D eigenvalue weighted by Gasteiger charge is 2.52. The number of nitrogens with one attached hydrogen (secondary N) is 1. The molecule has 8 heteroatoms. The molecule has 6 nitrogen and oxygen atoms in total. The van der Waals surface area contributed by atoms with Crippen LogP contribution in [0.15, 0.2) is 42.5 Å². The number of likely N-dealkylation sites (tertiary alicyclic amines) is 1. The number of alkyl halides is 1. The Morgan fingerprint density at radius 3 is 2.81 bits per heavy atom. The highest BCUT2D eigenvalue weighted by atomic mass is 19.1. The molecule has 1 unspecified atom stereocenters. The fourth-order valence-corrected chi connectivity index (χ4v) is 5.32. The predicted octanol–water partition coefficient (Wildman–Crippen LogP) is 2.60. The largest absolute Gasteiger partial charge is 0.490 e. The molecule has 1 saturated carbocycles. The van der Waals surface area contributed by atoms with Gasteiger partial charge in [-0.15, -0.1) is 0 Å². The van der Waals surface area contributed by atoms with Crippen molar-refractivity contribution in [1.29, 1.82) is 0 Å². The minimum atomic E-state index is -1.73. The Morgan fingerprint density at radius 1 is 1.28 bits per heavy atom. The van der Waals surface area contributed by atoms with Crippen molar-refractivity contribution < 1.29 is 28.5 Å². The van der Waals surface area contributed by atoms with Crippen LogP contribution in [0.3, 0.4) is 0 Å². The van der Waals surface area contributed by atoms with Gasteiger partial charge >= 0.3 is 0 Å². The van der Waals surface area contributed by atoms with E-state index in [4.69, 9.17) is 4.74 Å². The van der Waals surface area contributed by atoms with Crippen LogP contribution in [0.25, 0.3) is 0 Å². The summed E-state index contributed by atoms with van der Waals surface area (Å²) < 4.78 is 34.2. The highest BCUT2D eigenvalue weighted by molar-refractivity contribution is 5.97. The van der Waals surface area contributed by atoms with Crippen LogP contribution in [0, 0.1) is 11.7 Å². The summed E-state index contributed by atoms with van der Waals surface area (Å²) in [5.74, 6) is -0.716. The zero-order valence-corrected chi connectivity index (χ0v) is 17.5. The first-order valence-corrected chi connectivity index (χ1v) is 10.9. The number of anilines is 1. The normalized spacial score (nSPS) is 30.5. The van der Waals surface area contributed by atoms with Gasteiger partial charge in [0.1, 0.15) is 17.7 Å². The van der Waals surface area contributed by atoms with E-state index in [0.29, 0.717) is 30.6 Å². The van der Waals surface area contributed by atoms with Crippen LogP contribution >= 0.6 is 0 Å². The molecule has 1 amide bonds. The first-order valence-electron chi connectivity index (χ1n) is 10.9. The lowest BCUT2D eigenvalue weighted by atomic mass is 9.95. The zero-order valence-electron chi connectivity index (χ0n) is 17.5. The number of benzene rings is 2. The van der Waals surface area contributed by atoms with Gasteiger partial charge in [0, 0.05) is 38.4 Å². The van der Waals surface area contributed by atoms with Gasteiger partial charge in [-0.25, -0.2) is 8.78 Å². The van der Waals surface area contributed by atoms with Gasteiger partial charge in [-0.3, -0.25) is 9.69 Å². The Balaban J connectivity index is 1.22.